The summed E-state index contributed by atoms with van der Waals surface area (Å²) in [6.45, 7) is 1.98. The van der Waals surface area contributed by atoms with Crippen molar-refractivity contribution in [3.63, 3.8) is 0 Å². The van der Waals surface area contributed by atoms with E-state index in [2.05, 4.69) is 31.9 Å². The van der Waals surface area contributed by atoms with Crippen LogP contribution >= 0.6 is 15.9 Å². The van der Waals surface area contributed by atoms with Crippen molar-refractivity contribution in [1.29, 1.82) is 0 Å². The summed E-state index contributed by atoms with van der Waals surface area (Å²) in [5, 5.41) is 0. The van der Waals surface area contributed by atoms with Gasteiger partial charge in [-0.3, -0.25) is 0 Å². The monoisotopic (exact) mass is 334 g/mol. The first-order valence-electron chi connectivity index (χ1n) is 6.44. The predicted molar refractivity (Wildman–Crippen MR) is 81.5 cm³/mol. The zero-order valence-corrected chi connectivity index (χ0v) is 12.8. The second-order valence-electron chi connectivity index (χ2n) is 4.64. The second-order valence-corrected chi connectivity index (χ2v) is 5.50. The van der Waals surface area contributed by atoms with Crippen LogP contribution in [-0.4, -0.2) is 25.2 Å². The average Bonchev–Trinajstić information content (AvgIpc) is 2.47. The molecule has 0 atom stereocenters. The SMILES string of the molecule is CN(Cc1ccc2c(c1)OCCO2)c1ncccc1Br. The van der Waals surface area contributed by atoms with Crippen molar-refractivity contribution in [3.05, 3.63) is 46.6 Å². The van der Waals surface area contributed by atoms with Crippen LogP contribution in [0.2, 0.25) is 0 Å². The number of ether oxygens (including phenoxy) is 2. The van der Waals surface area contributed by atoms with Crippen LogP contribution in [-0.2, 0) is 6.54 Å². The third-order valence-electron chi connectivity index (χ3n) is 3.13. The fraction of sp³-hybridized carbons (Fsp3) is 0.267. The molecule has 1 aliphatic rings. The van der Waals surface area contributed by atoms with E-state index in [1.165, 1.54) is 0 Å². The van der Waals surface area contributed by atoms with Gasteiger partial charge in [0.15, 0.2) is 11.5 Å². The van der Waals surface area contributed by atoms with Gasteiger partial charge in [0, 0.05) is 19.8 Å². The molecule has 0 saturated carbocycles. The average molecular weight is 335 g/mol. The molecular weight excluding hydrogens is 320 g/mol. The molecule has 0 unspecified atom stereocenters. The number of hydrogen-bond donors (Lipinski definition) is 0. The molecular formula is C15H15BrN2O2. The van der Waals surface area contributed by atoms with E-state index < -0.39 is 0 Å². The van der Waals surface area contributed by atoms with E-state index in [4.69, 9.17) is 9.47 Å². The molecule has 0 spiro atoms. The number of rotatable bonds is 3. The molecule has 1 aliphatic heterocycles. The van der Waals surface area contributed by atoms with Crippen molar-refractivity contribution in [2.75, 3.05) is 25.2 Å². The summed E-state index contributed by atoms with van der Waals surface area (Å²) in [5.74, 6) is 2.56. The molecule has 0 saturated heterocycles. The lowest BCUT2D eigenvalue weighted by atomic mass is 10.2. The fourth-order valence-corrected chi connectivity index (χ4v) is 2.75. The molecule has 0 fully saturated rings. The second kappa shape index (κ2) is 5.71. The zero-order chi connectivity index (χ0) is 13.9. The summed E-state index contributed by atoms with van der Waals surface area (Å²) in [7, 11) is 2.02. The lowest BCUT2D eigenvalue weighted by Gasteiger charge is -2.22. The van der Waals surface area contributed by atoms with E-state index in [-0.39, 0.29) is 0 Å². The van der Waals surface area contributed by atoms with Crippen LogP contribution < -0.4 is 14.4 Å². The molecule has 0 aliphatic carbocycles. The maximum absolute atomic E-state index is 5.61. The molecule has 3 rings (SSSR count). The molecule has 0 N–H and O–H groups in total. The first-order valence-corrected chi connectivity index (χ1v) is 7.23. The minimum absolute atomic E-state index is 0.609. The van der Waals surface area contributed by atoms with Gasteiger partial charge in [0.2, 0.25) is 0 Å². The van der Waals surface area contributed by atoms with Gasteiger partial charge in [-0.25, -0.2) is 4.98 Å². The Hall–Kier alpha value is -1.75. The van der Waals surface area contributed by atoms with Crippen LogP contribution in [0, 0.1) is 0 Å². The quantitative estimate of drug-likeness (QED) is 0.862. The molecule has 2 aromatic rings. The van der Waals surface area contributed by atoms with E-state index in [0.29, 0.717) is 13.2 Å². The van der Waals surface area contributed by atoms with Crippen LogP contribution in [0.4, 0.5) is 5.82 Å². The molecule has 0 bridgehead atoms. The number of fused-ring (bicyclic) bond motifs is 1. The van der Waals surface area contributed by atoms with Crippen LogP contribution in [0.1, 0.15) is 5.56 Å². The highest BCUT2D eigenvalue weighted by Gasteiger charge is 2.13. The molecule has 1 aromatic carbocycles. The van der Waals surface area contributed by atoms with Crippen molar-refractivity contribution in [2.45, 2.75) is 6.54 Å². The van der Waals surface area contributed by atoms with Crippen molar-refractivity contribution in [1.82, 2.24) is 4.98 Å². The van der Waals surface area contributed by atoms with Gasteiger partial charge in [-0.2, -0.15) is 0 Å². The maximum Gasteiger partial charge on any atom is 0.161 e. The number of aromatic nitrogens is 1. The van der Waals surface area contributed by atoms with Crippen LogP contribution in [0.15, 0.2) is 41.0 Å². The van der Waals surface area contributed by atoms with Crippen LogP contribution in [0.3, 0.4) is 0 Å². The van der Waals surface area contributed by atoms with Gasteiger partial charge in [-0.05, 0) is 45.8 Å². The van der Waals surface area contributed by atoms with Gasteiger partial charge in [0.1, 0.15) is 19.0 Å². The van der Waals surface area contributed by atoms with Crippen molar-refractivity contribution < 1.29 is 9.47 Å². The van der Waals surface area contributed by atoms with E-state index in [1.807, 2.05) is 31.3 Å². The maximum atomic E-state index is 5.61. The molecule has 0 amide bonds. The summed E-state index contributed by atoms with van der Waals surface area (Å²) < 4.78 is 12.1. The normalized spacial score (nSPS) is 13.1. The summed E-state index contributed by atoms with van der Waals surface area (Å²) in [6.07, 6.45) is 1.79. The number of benzene rings is 1. The largest absolute Gasteiger partial charge is 0.486 e. The molecule has 2 heterocycles. The third kappa shape index (κ3) is 2.72. The number of nitrogens with zero attached hydrogens (tertiary/aromatic N) is 2. The molecule has 1 aromatic heterocycles. The standard InChI is InChI=1S/C15H15BrN2O2/c1-18(15-12(16)3-2-6-17-15)10-11-4-5-13-14(9-11)20-8-7-19-13/h2-6,9H,7-8,10H2,1H3. The van der Waals surface area contributed by atoms with Gasteiger partial charge in [0.05, 0.1) is 4.47 Å². The van der Waals surface area contributed by atoms with E-state index in [0.717, 1.165) is 33.9 Å². The summed E-state index contributed by atoms with van der Waals surface area (Å²) >= 11 is 3.52. The Bertz CT molecular complexity index is 619. The Kier molecular flexibility index (Phi) is 3.78. The van der Waals surface area contributed by atoms with Gasteiger partial charge >= 0.3 is 0 Å². The van der Waals surface area contributed by atoms with E-state index in [1.54, 1.807) is 6.20 Å². The van der Waals surface area contributed by atoms with Crippen LogP contribution in [0.25, 0.3) is 0 Å². The van der Waals surface area contributed by atoms with Gasteiger partial charge in [-0.1, -0.05) is 6.07 Å². The Balaban J connectivity index is 1.79. The van der Waals surface area contributed by atoms with Gasteiger partial charge < -0.3 is 14.4 Å². The Morgan fingerprint density at radius 3 is 2.80 bits per heavy atom. The highest BCUT2D eigenvalue weighted by Crippen LogP contribution is 2.31. The molecule has 5 heteroatoms. The number of anilines is 1. The Labute approximate surface area is 126 Å². The minimum atomic E-state index is 0.609. The zero-order valence-electron chi connectivity index (χ0n) is 11.2. The first kappa shape index (κ1) is 13.2. The summed E-state index contributed by atoms with van der Waals surface area (Å²) in [4.78, 5) is 6.48. The minimum Gasteiger partial charge on any atom is -0.486 e. The summed E-state index contributed by atoms with van der Waals surface area (Å²) in [5.41, 5.74) is 1.16. The predicted octanol–water partition coefficient (Wildman–Crippen LogP) is 3.25. The fourth-order valence-electron chi connectivity index (χ4n) is 2.19. The first-order chi connectivity index (χ1) is 9.74. The van der Waals surface area contributed by atoms with E-state index in [9.17, 15) is 0 Å². The Morgan fingerprint density at radius 2 is 2.00 bits per heavy atom. The van der Waals surface area contributed by atoms with Gasteiger partial charge in [-0.15, -0.1) is 0 Å². The van der Waals surface area contributed by atoms with Crippen molar-refractivity contribution >= 4 is 21.7 Å². The van der Waals surface area contributed by atoms with E-state index >= 15 is 0 Å². The third-order valence-corrected chi connectivity index (χ3v) is 3.75. The molecule has 4 nitrogen and oxygen atoms in total. The van der Waals surface area contributed by atoms with Crippen molar-refractivity contribution in [3.8, 4) is 11.5 Å². The number of halogens is 1. The lowest BCUT2D eigenvalue weighted by Crippen LogP contribution is -2.19. The highest BCUT2D eigenvalue weighted by atomic mass is 79.9. The number of hydrogen-bond acceptors (Lipinski definition) is 4. The van der Waals surface area contributed by atoms with Crippen LogP contribution in [0.5, 0.6) is 11.5 Å². The number of pyridine rings is 1. The molecule has 0 radical (unpaired) electrons. The van der Waals surface area contributed by atoms with Crippen molar-refractivity contribution in [2.24, 2.45) is 0 Å². The molecule has 20 heavy (non-hydrogen) atoms. The Morgan fingerprint density at radius 1 is 1.20 bits per heavy atom. The smallest absolute Gasteiger partial charge is 0.161 e. The topological polar surface area (TPSA) is 34.6 Å². The molecule has 104 valence electrons. The summed E-state index contributed by atoms with van der Waals surface area (Å²) in [6, 6.07) is 9.95. The van der Waals surface area contributed by atoms with Gasteiger partial charge in [0.25, 0.3) is 0 Å². The lowest BCUT2D eigenvalue weighted by molar-refractivity contribution is 0.171. The highest BCUT2D eigenvalue weighted by molar-refractivity contribution is 9.10.